The van der Waals surface area contributed by atoms with E-state index in [0.717, 1.165) is 12.1 Å². The summed E-state index contributed by atoms with van der Waals surface area (Å²) in [5, 5.41) is 0. The fourth-order valence-electron chi connectivity index (χ4n) is 0.456. The molecule has 0 heterocycles. The predicted octanol–water partition coefficient (Wildman–Crippen LogP) is 3.97. The van der Waals surface area contributed by atoms with E-state index in [1.54, 1.807) is 0 Å². The van der Waals surface area contributed by atoms with Gasteiger partial charge in [-0.1, -0.05) is 32.9 Å². The molecule has 0 unspecified atom stereocenters. The van der Waals surface area contributed by atoms with Gasteiger partial charge in [0.2, 0.25) is 0 Å². The minimum Gasteiger partial charge on any atom is -0.266 e. The second-order valence-electron chi connectivity index (χ2n) is 2.25. The first kappa shape index (κ1) is 13.7. The quantitative estimate of drug-likeness (QED) is 0.445. The minimum absolute atomic E-state index is 1.08. The Morgan fingerprint density at radius 3 is 2.17 bits per heavy atom. The molecule has 0 rings (SSSR count). The molecule has 1 heteroatoms. The van der Waals surface area contributed by atoms with E-state index in [4.69, 9.17) is 0 Å². The number of allylic oxidation sites excluding steroid dienone is 3. The molecule has 0 aromatic rings. The minimum atomic E-state index is 1.08. The van der Waals surface area contributed by atoms with E-state index < -0.39 is 0 Å². The van der Waals surface area contributed by atoms with Crippen LogP contribution < -0.4 is 0 Å². The molecule has 0 saturated carbocycles. The first-order valence-electron chi connectivity index (χ1n) is 4.60. The molecule has 0 aliphatic rings. The maximum absolute atomic E-state index is 4.08. The monoisotopic (exact) mass is 167 g/mol. The Morgan fingerprint density at radius 2 is 1.75 bits per heavy atom. The van der Waals surface area contributed by atoms with E-state index in [-0.39, 0.29) is 0 Å². The number of hydrogen-bond donors (Lipinski definition) is 0. The molecule has 0 saturated heterocycles. The standard InChI is InChI=1S/C9H15N.C2H6/c1-4-5-6-7-8-10-9(2)3;1-2/h5-8H,4H2,1-3H3;1-2H3/b6-5+,8-7-;. The zero-order chi connectivity index (χ0) is 9.82. The molecule has 0 bridgehead atoms. The van der Waals surface area contributed by atoms with Crippen molar-refractivity contribution in [3.8, 4) is 0 Å². The van der Waals surface area contributed by atoms with Crippen LogP contribution in [0.1, 0.15) is 41.0 Å². The lowest BCUT2D eigenvalue weighted by Crippen LogP contribution is -1.74. The second kappa shape index (κ2) is 12.8. The summed E-state index contributed by atoms with van der Waals surface area (Å²) >= 11 is 0. The SMILES string of the molecule is CC.CC/C=C/C=C\N=C(C)C. The highest BCUT2D eigenvalue weighted by Gasteiger charge is 1.68. The highest BCUT2D eigenvalue weighted by molar-refractivity contribution is 5.79. The maximum atomic E-state index is 4.08. The first-order chi connectivity index (χ1) is 5.77. The largest absolute Gasteiger partial charge is 0.266 e. The van der Waals surface area contributed by atoms with Crippen LogP contribution in [0, 0.1) is 0 Å². The van der Waals surface area contributed by atoms with Gasteiger partial charge in [-0.25, -0.2) is 0 Å². The van der Waals surface area contributed by atoms with E-state index in [0.29, 0.717) is 0 Å². The Bertz CT molecular complexity index is 148. The molecular weight excluding hydrogens is 146 g/mol. The Balaban J connectivity index is 0. The van der Waals surface area contributed by atoms with Crippen LogP contribution in [0.4, 0.5) is 0 Å². The van der Waals surface area contributed by atoms with Gasteiger partial charge in [-0.3, -0.25) is 4.99 Å². The van der Waals surface area contributed by atoms with Crippen LogP contribution >= 0.6 is 0 Å². The summed E-state index contributed by atoms with van der Waals surface area (Å²) in [5.41, 5.74) is 1.08. The number of aliphatic imine (C=N–C) groups is 1. The molecule has 1 nitrogen and oxygen atoms in total. The highest BCUT2D eigenvalue weighted by atomic mass is 14.7. The Labute approximate surface area is 76.9 Å². The Kier molecular flexibility index (Phi) is 14.6. The molecule has 0 atom stereocenters. The van der Waals surface area contributed by atoms with Crippen molar-refractivity contribution in [3.05, 3.63) is 24.4 Å². The van der Waals surface area contributed by atoms with Crippen LogP contribution in [0.3, 0.4) is 0 Å². The topological polar surface area (TPSA) is 12.4 Å². The van der Waals surface area contributed by atoms with Gasteiger partial charge in [0, 0.05) is 11.9 Å². The van der Waals surface area contributed by atoms with Gasteiger partial charge < -0.3 is 0 Å². The van der Waals surface area contributed by atoms with Crippen molar-refractivity contribution in [3.63, 3.8) is 0 Å². The second-order valence-corrected chi connectivity index (χ2v) is 2.25. The maximum Gasteiger partial charge on any atom is 0.0266 e. The molecule has 0 aromatic heterocycles. The third-order valence-electron chi connectivity index (χ3n) is 0.902. The number of hydrogen-bond acceptors (Lipinski definition) is 1. The van der Waals surface area contributed by atoms with Crippen molar-refractivity contribution in [2.75, 3.05) is 0 Å². The first-order valence-corrected chi connectivity index (χ1v) is 4.60. The summed E-state index contributed by atoms with van der Waals surface area (Å²) in [4.78, 5) is 4.08. The van der Waals surface area contributed by atoms with Gasteiger partial charge in [0.25, 0.3) is 0 Å². The van der Waals surface area contributed by atoms with Crippen molar-refractivity contribution in [2.45, 2.75) is 41.0 Å². The average molecular weight is 167 g/mol. The lowest BCUT2D eigenvalue weighted by molar-refractivity contribution is 1.22. The average Bonchev–Trinajstić information content (AvgIpc) is 2.07. The van der Waals surface area contributed by atoms with Crippen LogP contribution in [-0.2, 0) is 0 Å². The van der Waals surface area contributed by atoms with Crippen LogP contribution in [0.15, 0.2) is 29.4 Å². The molecule has 0 fully saturated rings. The molecular formula is C11H21N. The van der Waals surface area contributed by atoms with Crippen LogP contribution in [0.2, 0.25) is 0 Å². The summed E-state index contributed by atoms with van der Waals surface area (Å²) in [6.45, 7) is 10.1. The van der Waals surface area contributed by atoms with E-state index in [9.17, 15) is 0 Å². The van der Waals surface area contributed by atoms with Gasteiger partial charge in [0.1, 0.15) is 0 Å². The van der Waals surface area contributed by atoms with Gasteiger partial charge in [-0.05, 0) is 26.3 Å². The third kappa shape index (κ3) is 16.1. The molecule has 0 amide bonds. The van der Waals surface area contributed by atoms with Crippen LogP contribution in [0.25, 0.3) is 0 Å². The van der Waals surface area contributed by atoms with Gasteiger partial charge in [-0.2, -0.15) is 0 Å². The molecule has 12 heavy (non-hydrogen) atoms. The summed E-state index contributed by atoms with van der Waals surface area (Å²) < 4.78 is 0. The fourth-order valence-corrected chi connectivity index (χ4v) is 0.456. The van der Waals surface area contributed by atoms with E-state index in [2.05, 4.69) is 18.0 Å². The van der Waals surface area contributed by atoms with E-state index in [1.807, 2.05) is 46.0 Å². The van der Waals surface area contributed by atoms with E-state index >= 15 is 0 Å². The zero-order valence-electron chi connectivity index (χ0n) is 8.96. The van der Waals surface area contributed by atoms with Gasteiger partial charge in [0.15, 0.2) is 0 Å². The van der Waals surface area contributed by atoms with Gasteiger partial charge >= 0.3 is 0 Å². The molecule has 0 N–H and O–H groups in total. The molecule has 0 aliphatic heterocycles. The molecule has 70 valence electrons. The van der Waals surface area contributed by atoms with Crippen molar-refractivity contribution < 1.29 is 0 Å². The van der Waals surface area contributed by atoms with Crippen molar-refractivity contribution in [2.24, 2.45) is 4.99 Å². The van der Waals surface area contributed by atoms with Crippen molar-refractivity contribution >= 4 is 5.71 Å². The normalized spacial score (nSPS) is 9.75. The van der Waals surface area contributed by atoms with Crippen LogP contribution in [0.5, 0.6) is 0 Å². The zero-order valence-corrected chi connectivity index (χ0v) is 8.96. The lowest BCUT2D eigenvalue weighted by Gasteiger charge is -1.80. The van der Waals surface area contributed by atoms with Crippen molar-refractivity contribution in [1.29, 1.82) is 0 Å². The third-order valence-corrected chi connectivity index (χ3v) is 0.902. The Morgan fingerprint density at radius 1 is 1.17 bits per heavy atom. The van der Waals surface area contributed by atoms with Crippen LogP contribution in [-0.4, -0.2) is 5.71 Å². The summed E-state index contributed by atoms with van der Waals surface area (Å²) in [6.07, 6.45) is 8.93. The summed E-state index contributed by atoms with van der Waals surface area (Å²) in [7, 11) is 0. The number of rotatable bonds is 3. The summed E-state index contributed by atoms with van der Waals surface area (Å²) in [6, 6.07) is 0. The Hall–Kier alpha value is -0.850. The van der Waals surface area contributed by atoms with E-state index in [1.165, 1.54) is 0 Å². The molecule has 0 radical (unpaired) electrons. The smallest absolute Gasteiger partial charge is 0.0266 e. The molecule has 0 spiro atoms. The van der Waals surface area contributed by atoms with Gasteiger partial charge in [-0.15, -0.1) is 0 Å². The number of nitrogens with zero attached hydrogens (tertiary/aromatic N) is 1. The predicted molar refractivity (Wildman–Crippen MR) is 58.7 cm³/mol. The highest BCUT2D eigenvalue weighted by Crippen LogP contribution is 1.83. The lowest BCUT2D eigenvalue weighted by atomic mass is 10.4. The fraction of sp³-hybridized carbons (Fsp3) is 0.545. The molecule has 0 aliphatic carbocycles. The van der Waals surface area contributed by atoms with Crippen molar-refractivity contribution in [1.82, 2.24) is 0 Å². The molecule has 0 aromatic carbocycles. The summed E-state index contributed by atoms with van der Waals surface area (Å²) in [5.74, 6) is 0. The van der Waals surface area contributed by atoms with Gasteiger partial charge in [0.05, 0.1) is 0 Å².